The molecule has 2 fully saturated rings. The zero-order valence-electron chi connectivity index (χ0n) is 20.5. The van der Waals surface area contributed by atoms with Crippen molar-refractivity contribution in [3.8, 4) is 5.75 Å². The molecule has 2 aliphatic heterocycles. The Labute approximate surface area is 210 Å². The highest BCUT2D eigenvalue weighted by molar-refractivity contribution is 7.13. The summed E-state index contributed by atoms with van der Waals surface area (Å²) in [4.78, 5) is 29.0. The highest BCUT2D eigenvalue weighted by Gasteiger charge is 2.29. The number of thiazole rings is 1. The highest BCUT2D eigenvalue weighted by Crippen LogP contribution is 2.37. The number of hydrogen-bond donors (Lipinski definition) is 0. The largest absolute Gasteiger partial charge is 0.494 e. The maximum atomic E-state index is 12.3. The number of methoxy groups -OCH3 is 1. The Morgan fingerprint density at radius 1 is 1.11 bits per heavy atom. The topological polar surface area (TPSA) is 71.0 Å². The molecule has 0 spiro atoms. The molecule has 0 amide bonds. The Bertz CT molecular complexity index is 1160. The third-order valence-electron chi connectivity index (χ3n) is 6.83. The maximum absolute atomic E-state index is 12.3. The third-order valence-corrected chi connectivity index (χ3v) is 7.75. The number of pyridine rings is 1. The van der Waals surface area contributed by atoms with Crippen molar-refractivity contribution >= 4 is 38.8 Å². The van der Waals surface area contributed by atoms with Crippen LogP contribution in [0.3, 0.4) is 0 Å². The second-order valence-corrected chi connectivity index (χ2v) is 9.98. The van der Waals surface area contributed by atoms with Crippen LogP contribution in [0.5, 0.6) is 5.75 Å². The van der Waals surface area contributed by atoms with Crippen LogP contribution >= 0.6 is 11.3 Å². The normalized spacial score (nSPS) is 18.5. The van der Waals surface area contributed by atoms with Gasteiger partial charge in [0, 0.05) is 62.7 Å². The van der Waals surface area contributed by atoms with E-state index in [1.807, 2.05) is 18.3 Å². The quantitative estimate of drug-likeness (QED) is 0.491. The molecule has 2 aliphatic rings. The van der Waals surface area contributed by atoms with E-state index in [0.717, 1.165) is 92.1 Å². The Morgan fingerprint density at radius 2 is 1.97 bits per heavy atom. The van der Waals surface area contributed by atoms with Crippen LogP contribution in [0.4, 0.5) is 10.8 Å². The van der Waals surface area contributed by atoms with Gasteiger partial charge in [0.15, 0.2) is 5.13 Å². The summed E-state index contributed by atoms with van der Waals surface area (Å²) in [5.74, 6) is 1.04. The molecule has 0 aliphatic carbocycles. The van der Waals surface area contributed by atoms with E-state index >= 15 is 0 Å². The number of aromatic nitrogens is 2. The van der Waals surface area contributed by atoms with E-state index in [2.05, 4.69) is 37.2 Å². The summed E-state index contributed by atoms with van der Waals surface area (Å²) in [7, 11) is 1.72. The summed E-state index contributed by atoms with van der Waals surface area (Å²) >= 11 is 1.67. The molecule has 1 aromatic carbocycles. The van der Waals surface area contributed by atoms with Crippen molar-refractivity contribution in [1.29, 1.82) is 0 Å². The average molecular weight is 496 g/mol. The van der Waals surface area contributed by atoms with Crippen molar-refractivity contribution in [1.82, 2.24) is 14.9 Å². The van der Waals surface area contributed by atoms with Crippen molar-refractivity contribution in [3.63, 3.8) is 0 Å². The summed E-state index contributed by atoms with van der Waals surface area (Å²) in [5, 5.41) is 4.27. The molecule has 4 heterocycles. The van der Waals surface area contributed by atoms with Gasteiger partial charge in [0.05, 0.1) is 37.6 Å². The monoisotopic (exact) mass is 495 g/mol. The van der Waals surface area contributed by atoms with Gasteiger partial charge in [-0.25, -0.2) is 4.98 Å². The molecule has 3 aromatic rings. The number of anilines is 2. The first-order valence-electron chi connectivity index (χ1n) is 12.3. The molecule has 186 valence electrons. The number of Topliss-reactive ketones (excluding diaryl/α,β-unsaturated/α-hetero) is 1. The summed E-state index contributed by atoms with van der Waals surface area (Å²) < 4.78 is 11.2. The van der Waals surface area contributed by atoms with Crippen LogP contribution in [0.2, 0.25) is 0 Å². The maximum Gasteiger partial charge on any atom is 0.185 e. The van der Waals surface area contributed by atoms with E-state index in [-0.39, 0.29) is 11.8 Å². The van der Waals surface area contributed by atoms with Crippen molar-refractivity contribution < 1.29 is 14.3 Å². The molecule has 35 heavy (non-hydrogen) atoms. The number of carbonyl (C=O) groups is 1. The Morgan fingerprint density at radius 3 is 2.77 bits per heavy atom. The van der Waals surface area contributed by atoms with Gasteiger partial charge in [0.25, 0.3) is 0 Å². The molecule has 1 unspecified atom stereocenters. The Kier molecular flexibility index (Phi) is 7.46. The molecule has 0 N–H and O–H groups in total. The second-order valence-electron chi connectivity index (χ2n) is 9.14. The lowest BCUT2D eigenvalue weighted by molar-refractivity contribution is -0.118. The van der Waals surface area contributed by atoms with E-state index in [9.17, 15) is 4.79 Å². The van der Waals surface area contributed by atoms with E-state index < -0.39 is 0 Å². The van der Waals surface area contributed by atoms with Gasteiger partial charge in [-0.2, -0.15) is 0 Å². The van der Waals surface area contributed by atoms with E-state index in [1.165, 1.54) is 0 Å². The molecule has 2 saturated heterocycles. The lowest BCUT2D eigenvalue weighted by atomic mass is 10.1. The molecule has 0 radical (unpaired) electrons. The van der Waals surface area contributed by atoms with Gasteiger partial charge in [-0.1, -0.05) is 6.07 Å². The minimum absolute atomic E-state index is 0.00831. The average Bonchev–Trinajstić information content (AvgIpc) is 3.26. The molecule has 2 aromatic heterocycles. The van der Waals surface area contributed by atoms with E-state index in [1.54, 1.807) is 25.4 Å². The third kappa shape index (κ3) is 5.27. The summed E-state index contributed by atoms with van der Waals surface area (Å²) in [6.45, 7) is 8.38. The number of ketones is 1. The number of ether oxygens (including phenoxy) is 2. The Hall–Kier alpha value is -2.75. The molecular formula is C26H33N5O3S. The smallest absolute Gasteiger partial charge is 0.185 e. The van der Waals surface area contributed by atoms with Crippen molar-refractivity contribution in [2.45, 2.75) is 25.8 Å². The molecular weight excluding hydrogens is 462 g/mol. The van der Waals surface area contributed by atoms with Crippen molar-refractivity contribution in [2.75, 3.05) is 69.4 Å². The zero-order valence-corrected chi connectivity index (χ0v) is 21.3. The van der Waals surface area contributed by atoms with Gasteiger partial charge in [0.1, 0.15) is 17.2 Å². The van der Waals surface area contributed by atoms with Crippen LogP contribution in [0.25, 0.3) is 10.9 Å². The number of rotatable bonds is 7. The fourth-order valence-corrected chi connectivity index (χ4v) is 6.00. The van der Waals surface area contributed by atoms with Crippen LogP contribution < -0.4 is 14.5 Å². The SMILES string of the molecule is COc1ccc2cccnc2c1N1CCCN(C(CC(C)=O)c2csc(N3CCOCC3)n2)CC1. The van der Waals surface area contributed by atoms with E-state index in [0.29, 0.717) is 6.42 Å². The van der Waals surface area contributed by atoms with Crippen LogP contribution in [0, 0.1) is 0 Å². The first kappa shape index (κ1) is 24.0. The first-order valence-corrected chi connectivity index (χ1v) is 13.2. The fraction of sp³-hybridized carbons (Fsp3) is 0.500. The molecule has 8 nitrogen and oxygen atoms in total. The Balaban J connectivity index is 1.38. The number of benzene rings is 1. The molecule has 5 rings (SSSR count). The molecule has 1 atom stereocenters. The summed E-state index contributed by atoms with van der Waals surface area (Å²) in [5.41, 5.74) is 3.03. The lowest BCUT2D eigenvalue weighted by Crippen LogP contribution is -2.36. The van der Waals surface area contributed by atoms with Gasteiger partial charge in [0.2, 0.25) is 0 Å². The van der Waals surface area contributed by atoms with Crippen molar-refractivity contribution in [2.24, 2.45) is 0 Å². The van der Waals surface area contributed by atoms with Crippen LogP contribution in [0.15, 0.2) is 35.8 Å². The predicted molar refractivity (Wildman–Crippen MR) is 140 cm³/mol. The molecule has 9 heteroatoms. The van der Waals surface area contributed by atoms with Crippen LogP contribution in [-0.4, -0.2) is 80.2 Å². The van der Waals surface area contributed by atoms with Gasteiger partial charge in [-0.05, 0) is 31.5 Å². The lowest BCUT2D eigenvalue weighted by Gasteiger charge is -2.30. The van der Waals surface area contributed by atoms with Gasteiger partial charge >= 0.3 is 0 Å². The summed E-state index contributed by atoms with van der Waals surface area (Å²) in [6.07, 6.45) is 3.30. The van der Waals surface area contributed by atoms with Gasteiger partial charge < -0.3 is 19.3 Å². The number of hydrogen-bond acceptors (Lipinski definition) is 9. The van der Waals surface area contributed by atoms with Gasteiger partial charge in [-0.15, -0.1) is 11.3 Å². The van der Waals surface area contributed by atoms with Crippen LogP contribution in [0.1, 0.15) is 31.5 Å². The highest BCUT2D eigenvalue weighted by atomic mass is 32.1. The number of morpholine rings is 1. The number of nitrogens with zero attached hydrogens (tertiary/aromatic N) is 5. The summed E-state index contributed by atoms with van der Waals surface area (Å²) in [6, 6.07) is 8.14. The minimum atomic E-state index is -0.00831. The number of carbonyl (C=O) groups excluding carboxylic acids is 1. The second kappa shape index (κ2) is 10.9. The molecule has 0 saturated carbocycles. The van der Waals surface area contributed by atoms with Gasteiger partial charge in [-0.3, -0.25) is 14.7 Å². The van der Waals surface area contributed by atoms with E-state index in [4.69, 9.17) is 14.5 Å². The zero-order chi connectivity index (χ0) is 24.2. The van der Waals surface area contributed by atoms with Crippen LogP contribution in [-0.2, 0) is 9.53 Å². The minimum Gasteiger partial charge on any atom is -0.494 e. The first-order chi connectivity index (χ1) is 17.1. The molecule has 0 bridgehead atoms. The number of fused-ring (bicyclic) bond motifs is 1. The fourth-order valence-electron chi connectivity index (χ4n) is 5.08. The predicted octanol–water partition coefficient (Wildman–Crippen LogP) is 3.77. The van der Waals surface area contributed by atoms with Crippen molar-refractivity contribution in [3.05, 3.63) is 41.5 Å². The standard InChI is InChI=1S/C26H33N5O3S/c1-19(32)17-22(21-18-35-26(28-21)31-13-15-34-16-14-31)29-9-4-10-30(12-11-29)25-23(33-2)7-6-20-5-3-8-27-24(20)25/h3,5-8,18,22H,4,9-17H2,1-2H3.